The number of thioether (sulfide) groups is 1. The zero-order chi connectivity index (χ0) is 15.9. The van der Waals surface area contributed by atoms with E-state index in [0.29, 0.717) is 13.0 Å². The smallest absolute Gasteiger partial charge is 0.230 e. The lowest BCUT2D eigenvalue weighted by Crippen LogP contribution is -2.26. The van der Waals surface area contributed by atoms with Crippen molar-refractivity contribution in [3.8, 4) is 11.8 Å². The molecule has 1 amide bonds. The molecule has 5 nitrogen and oxygen atoms in total. The zero-order valence-corrected chi connectivity index (χ0v) is 13.5. The molecule has 0 fully saturated rings. The Labute approximate surface area is 134 Å². The van der Waals surface area contributed by atoms with Crippen molar-refractivity contribution in [3.05, 3.63) is 41.7 Å². The number of nitrogens with one attached hydrogen (secondary N) is 1. The van der Waals surface area contributed by atoms with Crippen LogP contribution in [0.15, 0.2) is 35.7 Å². The molecule has 0 unspecified atom stereocenters. The summed E-state index contributed by atoms with van der Waals surface area (Å²) >= 11 is 1.39. The first-order valence-corrected chi connectivity index (χ1v) is 7.98. The second-order valence-corrected chi connectivity index (χ2v) is 5.86. The monoisotopic (exact) mass is 314 g/mol. The first-order valence-electron chi connectivity index (χ1n) is 6.99. The highest BCUT2D eigenvalue weighted by Crippen LogP contribution is 2.23. The molecule has 1 N–H and O–H groups in total. The third-order valence-electron chi connectivity index (χ3n) is 3.12. The lowest BCUT2D eigenvalue weighted by Gasteiger charge is -2.11. The topological polar surface area (TPSA) is 70.7 Å². The second-order valence-electron chi connectivity index (χ2n) is 4.92. The highest BCUT2D eigenvalue weighted by Gasteiger charge is 2.10. The molecular formula is C16H18N4OS. The van der Waals surface area contributed by atoms with E-state index >= 15 is 0 Å². The summed E-state index contributed by atoms with van der Waals surface area (Å²) in [6, 6.07) is 8.25. The number of amides is 1. The number of benzene rings is 1. The average molecular weight is 314 g/mol. The Balaban J connectivity index is 2.06. The van der Waals surface area contributed by atoms with Gasteiger partial charge in [-0.2, -0.15) is 5.26 Å². The summed E-state index contributed by atoms with van der Waals surface area (Å²) < 4.78 is 2.00. The van der Waals surface area contributed by atoms with Gasteiger partial charge in [0.15, 0.2) is 5.16 Å². The summed E-state index contributed by atoms with van der Waals surface area (Å²) in [5.41, 5.74) is 3.41. The Morgan fingerprint density at radius 3 is 3.05 bits per heavy atom. The molecule has 1 heterocycles. The Morgan fingerprint density at radius 2 is 2.27 bits per heavy atom. The van der Waals surface area contributed by atoms with E-state index in [9.17, 15) is 4.79 Å². The highest BCUT2D eigenvalue weighted by molar-refractivity contribution is 7.99. The van der Waals surface area contributed by atoms with Gasteiger partial charge in [-0.1, -0.05) is 23.9 Å². The molecule has 0 aliphatic carbocycles. The summed E-state index contributed by atoms with van der Waals surface area (Å²) in [5, 5.41) is 11.9. The summed E-state index contributed by atoms with van der Waals surface area (Å²) in [5.74, 6) is 0.198. The molecule has 0 spiro atoms. The fourth-order valence-corrected chi connectivity index (χ4v) is 2.79. The van der Waals surface area contributed by atoms with E-state index < -0.39 is 0 Å². The Kier molecular flexibility index (Phi) is 5.61. The van der Waals surface area contributed by atoms with Crippen molar-refractivity contribution in [3.63, 3.8) is 0 Å². The normalized spacial score (nSPS) is 10.2. The van der Waals surface area contributed by atoms with E-state index in [2.05, 4.69) is 42.3 Å². The number of imidazole rings is 1. The molecule has 6 heteroatoms. The summed E-state index contributed by atoms with van der Waals surface area (Å²) in [7, 11) is 0. The van der Waals surface area contributed by atoms with Crippen LogP contribution >= 0.6 is 11.8 Å². The van der Waals surface area contributed by atoms with Crippen LogP contribution in [0.1, 0.15) is 17.5 Å². The fourth-order valence-electron chi connectivity index (χ4n) is 2.00. The highest BCUT2D eigenvalue weighted by atomic mass is 32.2. The Hall–Kier alpha value is -2.26. The molecule has 0 radical (unpaired) electrons. The summed E-state index contributed by atoms with van der Waals surface area (Å²) in [4.78, 5) is 16.0. The molecule has 0 atom stereocenters. The van der Waals surface area contributed by atoms with Gasteiger partial charge in [0.1, 0.15) is 0 Å². The Morgan fingerprint density at radius 1 is 1.45 bits per heavy atom. The van der Waals surface area contributed by atoms with Crippen molar-refractivity contribution in [2.45, 2.75) is 25.4 Å². The largest absolute Gasteiger partial charge is 0.354 e. The number of rotatable bonds is 6. The molecule has 0 saturated carbocycles. The van der Waals surface area contributed by atoms with Crippen molar-refractivity contribution in [1.29, 1.82) is 5.26 Å². The van der Waals surface area contributed by atoms with Crippen LogP contribution in [-0.4, -0.2) is 27.8 Å². The van der Waals surface area contributed by atoms with E-state index in [-0.39, 0.29) is 11.7 Å². The number of carbonyl (C=O) groups is 1. The maximum Gasteiger partial charge on any atom is 0.230 e. The van der Waals surface area contributed by atoms with E-state index in [1.54, 1.807) is 6.20 Å². The van der Waals surface area contributed by atoms with Gasteiger partial charge in [0, 0.05) is 18.9 Å². The van der Waals surface area contributed by atoms with Crippen LogP contribution in [0.25, 0.3) is 5.69 Å². The van der Waals surface area contributed by atoms with Gasteiger partial charge in [-0.05, 0) is 31.0 Å². The number of hydrogen-bond donors (Lipinski definition) is 1. The maximum absolute atomic E-state index is 11.7. The van der Waals surface area contributed by atoms with E-state index in [1.807, 2.05) is 16.8 Å². The van der Waals surface area contributed by atoms with E-state index in [0.717, 1.165) is 16.4 Å². The minimum atomic E-state index is -0.0873. The molecule has 0 saturated heterocycles. The van der Waals surface area contributed by atoms with Gasteiger partial charge in [-0.3, -0.25) is 9.36 Å². The van der Waals surface area contributed by atoms with Gasteiger partial charge >= 0.3 is 0 Å². The van der Waals surface area contributed by atoms with Crippen molar-refractivity contribution in [2.24, 2.45) is 0 Å². The van der Waals surface area contributed by atoms with E-state index in [4.69, 9.17) is 5.26 Å². The number of hydrogen-bond acceptors (Lipinski definition) is 4. The molecule has 2 aromatic rings. The molecule has 0 aliphatic rings. The lowest BCUT2D eigenvalue weighted by atomic mass is 10.1. The molecular weight excluding hydrogens is 296 g/mol. The molecule has 0 aliphatic heterocycles. The van der Waals surface area contributed by atoms with Crippen molar-refractivity contribution < 1.29 is 4.79 Å². The quantitative estimate of drug-likeness (QED) is 0.657. The lowest BCUT2D eigenvalue weighted by molar-refractivity contribution is -0.118. The van der Waals surface area contributed by atoms with Crippen molar-refractivity contribution in [1.82, 2.24) is 14.9 Å². The molecule has 2 rings (SSSR count). The molecule has 1 aromatic heterocycles. The molecule has 1 aromatic carbocycles. The first-order chi connectivity index (χ1) is 10.6. The number of nitriles is 1. The summed E-state index contributed by atoms with van der Waals surface area (Å²) in [6.45, 7) is 4.49. The number of nitrogens with zero attached hydrogens (tertiary/aromatic N) is 3. The number of carbonyl (C=O) groups excluding carboxylic acids is 1. The molecule has 22 heavy (non-hydrogen) atoms. The Bertz CT molecular complexity index is 702. The van der Waals surface area contributed by atoms with Crippen LogP contribution < -0.4 is 5.32 Å². The van der Waals surface area contributed by atoms with E-state index in [1.165, 1.54) is 17.3 Å². The van der Waals surface area contributed by atoms with Gasteiger partial charge in [0.25, 0.3) is 0 Å². The van der Waals surface area contributed by atoms with Crippen LogP contribution in [-0.2, 0) is 4.79 Å². The summed E-state index contributed by atoms with van der Waals surface area (Å²) in [6.07, 6.45) is 3.96. The van der Waals surface area contributed by atoms with Gasteiger partial charge < -0.3 is 5.32 Å². The second kappa shape index (κ2) is 7.66. The fraction of sp³-hybridized carbons (Fsp3) is 0.312. The zero-order valence-electron chi connectivity index (χ0n) is 12.7. The minimum Gasteiger partial charge on any atom is -0.354 e. The maximum atomic E-state index is 11.7. The van der Waals surface area contributed by atoms with Crippen LogP contribution in [0.5, 0.6) is 0 Å². The molecule has 0 bridgehead atoms. The third kappa shape index (κ3) is 4.12. The SMILES string of the molecule is Cc1ccc(C)c(-n2ccnc2SCC(=O)NCCC#N)c1. The number of aryl methyl sites for hydroxylation is 2. The number of aromatic nitrogens is 2. The molecule has 114 valence electrons. The predicted molar refractivity (Wildman–Crippen MR) is 87.0 cm³/mol. The van der Waals surface area contributed by atoms with Gasteiger partial charge in [0.2, 0.25) is 5.91 Å². The van der Waals surface area contributed by atoms with Gasteiger partial charge in [0.05, 0.1) is 23.9 Å². The average Bonchev–Trinajstić information content (AvgIpc) is 2.96. The van der Waals surface area contributed by atoms with Crippen LogP contribution in [0.3, 0.4) is 0 Å². The van der Waals surface area contributed by atoms with Crippen LogP contribution in [0, 0.1) is 25.2 Å². The predicted octanol–water partition coefficient (Wildman–Crippen LogP) is 2.61. The minimum absolute atomic E-state index is 0.0873. The van der Waals surface area contributed by atoms with Gasteiger partial charge in [-0.25, -0.2) is 4.98 Å². The van der Waals surface area contributed by atoms with Crippen LogP contribution in [0.2, 0.25) is 0 Å². The standard InChI is InChI=1S/C16H18N4OS/c1-12-4-5-13(2)14(10-12)20-9-8-19-16(20)22-11-15(21)18-7-3-6-17/h4-5,8-10H,3,7,11H2,1-2H3,(H,18,21). The van der Waals surface area contributed by atoms with Crippen LogP contribution in [0.4, 0.5) is 0 Å². The van der Waals surface area contributed by atoms with Crippen molar-refractivity contribution >= 4 is 17.7 Å². The van der Waals surface area contributed by atoms with Crippen molar-refractivity contribution in [2.75, 3.05) is 12.3 Å². The first kappa shape index (κ1) is 16.1. The van der Waals surface area contributed by atoms with Gasteiger partial charge in [-0.15, -0.1) is 0 Å². The third-order valence-corrected chi connectivity index (χ3v) is 4.09.